The zero-order valence-electron chi connectivity index (χ0n) is 12.8. The van der Waals surface area contributed by atoms with Crippen molar-refractivity contribution in [1.82, 2.24) is 0 Å². The van der Waals surface area contributed by atoms with Gasteiger partial charge in [-0.05, 0) is 36.4 Å². The first-order chi connectivity index (χ1) is 11.2. The molecule has 2 aromatic rings. The predicted octanol–water partition coefficient (Wildman–Crippen LogP) is 3.76. The molecule has 2 N–H and O–H groups in total. The first-order valence-corrected chi connectivity index (χ1v) is 8.91. The molecule has 2 aromatic carbocycles. The smallest absolute Gasteiger partial charge is 0.265 e. The number of ether oxygens (including phenoxy) is 1. The van der Waals surface area contributed by atoms with Crippen molar-refractivity contribution >= 4 is 50.5 Å². The Morgan fingerprint density at radius 1 is 1.04 bits per heavy atom. The molecule has 0 aliphatic rings. The van der Waals surface area contributed by atoms with E-state index in [0.29, 0.717) is 11.4 Å². The third kappa shape index (κ3) is 4.11. The molecule has 0 spiro atoms. The summed E-state index contributed by atoms with van der Waals surface area (Å²) >= 11 is 11.9. The largest absolute Gasteiger partial charge is 0.494 e. The summed E-state index contributed by atoms with van der Waals surface area (Å²) in [5.41, 5.74) is 0.870. The van der Waals surface area contributed by atoms with E-state index in [-0.39, 0.29) is 26.6 Å². The van der Waals surface area contributed by atoms with E-state index in [1.54, 1.807) is 12.1 Å². The van der Waals surface area contributed by atoms with Gasteiger partial charge in [-0.1, -0.05) is 23.2 Å². The molecular weight excluding hydrogens is 375 g/mol. The molecule has 1 amide bonds. The van der Waals surface area contributed by atoms with Gasteiger partial charge in [0.25, 0.3) is 10.0 Å². The molecule has 0 atom stereocenters. The van der Waals surface area contributed by atoms with E-state index in [0.717, 1.165) is 0 Å². The Hall–Kier alpha value is -1.96. The SMILES string of the molecule is COc1c(S(=O)(=O)Nc2ccc(NC(C)=O)cc2)ccc(Cl)c1Cl. The molecule has 128 valence electrons. The predicted molar refractivity (Wildman–Crippen MR) is 94.6 cm³/mol. The molecule has 0 radical (unpaired) electrons. The van der Waals surface area contributed by atoms with Crippen LogP contribution in [0.2, 0.25) is 10.0 Å². The third-order valence-electron chi connectivity index (χ3n) is 2.96. The summed E-state index contributed by atoms with van der Waals surface area (Å²) in [6.45, 7) is 1.38. The fraction of sp³-hybridized carbons (Fsp3) is 0.133. The zero-order chi connectivity index (χ0) is 17.9. The third-order valence-corrected chi connectivity index (χ3v) is 5.16. The molecule has 0 saturated heterocycles. The van der Waals surface area contributed by atoms with Crippen molar-refractivity contribution in [3.05, 3.63) is 46.4 Å². The van der Waals surface area contributed by atoms with Crippen LogP contribution >= 0.6 is 23.2 Å². The monoisotopic (exact) mass is 388 g/mol. The number of halogens is 2. The van der Waals surface area contributed by atoms with Crippen LogP contribution in [-0.2, 0) is 14.8 Å². The van der Waals surface area contributed by atoms with Gasteiger partial charge in [0.05, 0.1) is 12.1 Å². The molecule has 0 saturated carbocycles. The lowest BCUT2D eigenvalue weighted by Gasteiger charge is -2.13. The van der Waals surface area contributed by atoms with Gasteiger partial charge in [0.15, 0.2) is 5.75 Å². The second kappa shape index (κ2) is 7.29. The Morgan fingerprint density at radius 2 is 1.62 bits per heavy atom. The van der Waals surface area contributed by atoms with Crippen molar-refractivity contribution in [1.29, 1.82) is 0 Å². The van der Waals surface area contributed by atoms with Crippen molar-refractivity contribution in [2.45, 2.75) is 11.8 Å². The molecule has 0 aliphatic carbocycles. The number of hydrogen-bond donors (Lipinski definition) is 2. The van der Waals surface area contributed by atoms with E-state index in [4.69, 9.17) is 27.9 Å². The summed E-state index contributed by atoms with van der Waals surface area (Å²) in [7, 11) is -2.63. The zero-order valence-corrected chi connectivity index (χ0v) is 15.1. The number of rotatable bonds is 5. The molecule has 6 nitrogen and oxygen atoms in total. The van der Waals surface area contributed by atoms with E-state index in [1.807, 2.05) is 0 Å². The Morgan fingerprint density at radius 3 is 2.17 bits per heavy atom. The molecule has 0 bridgehead atoms. The maximum absolute atomic E-state index is 12.5. The summed E-state index contributed by atoms with van der Waals surface area (Å²) in [5, 5.41) is 2.79. The summed E-state index contributed by atoms with van der Waals surface area (Å²) < 4.78 is 32.6. The highest BCUT2D eigenvalue weighted by atomic mass is 35.5. The number of carbonyl (C=O) groups excluding carboxylic acids is 1. The molecule has 0 unspecified atom stereocenters. The van der Waals surface area contributed by atoms with Crippen LogP contribution in [0.5, 0.6) is 5.75 Å². The lowest BCUT2D eigenvalue weighted by Crippen LogP contribution is -2.14. The minimum absolute atomic E-state index is 0.0167. The molecule has 0 fully saturated rings. The van der Waals surface area contributed by atoms with Crippen LogP contribution in [0.3, 0.4) is 0 Å². The van der Waals surface area contributed by atoms with Crippen LogP contribution in [-0.4, -0.2) is 21.4 Å². The minimum atomic E-state index is -3.94. The van der Waals surface area contributed by atoms with Crippen LogP contribution in [0, 0.1) is 0 Å². The van der Waals surface area contributed by atoms with Crippen LogP contribution in [0.1, 0.15) is 6.92 Å². The van der Waals surface area contributed by atoms with E-state index >= 15 is 0 Å². The van der Waals surface area contributed by atoms with Crippen molar-refractivity contribution in [2.24, 2.45) is 0 Å². The highest BCUT2D eigenvalue weighted by Crippen LogP contribution is 2.37. The highest BCUT2D eigenvalue weighted by Gasteiger charge is 2.23. The number of amides is 1. The van der Waals surface area contributed by atoms with Crippen molar-refractivity contribution in [3.8, 4) is 5.75 Å². The molecular formula is C15H14Cl2N2O4S. The summed E-state index contributed by atoms with van der Waals surface area (Å²) in [6, 6.07) is 8.87. The topological polar surface area (TPSA) is 84.5 Å². The van der Waals surface area contributed by atoms with Crippen LogP contribution in [0.15, 0.2) is 41.3 Å². The lowest BCUT2D eigenvalue weighted by atomic mass is 10.3. The molecule has 2 rings (SSSR count). The van der Waals surface area contributed by atoms with Gasteiger partial charge in [-0.25, -0.2) is 8.42 Å². The highest BCUT2D eigenvalue weighted by molar-refractivity contribution is 7.92. The Balaban J connectivity index is 2.32. The standard InChI is InChI=1S/C15H14Cl2N2O4S/c1-9(20)18-10-3-5-11(6-4-10)19-24(21,22)13-8-7-12(16)14(17)15(13)23-2/h3-8,19H,1-2H3,(H,18,20). The van der Waals surface area contributed by atoms with E-state index < -0.39 is 10.0 Å². The maximum Gasteiger partial charge on any atom is 0.265 e. The second-order valence-electron chi connectivity index (χ2n) is 4.76. The van der Waals surface area contributed by atoms with Crippen LogP contribution in [0.4, 0.5) is 11.4 Å². The average Bonchev–Trinajstić information content (AvgIpc) is 2.50. The van der Waals surface area contributed by atoms with Gasteiger partial charge in [0, 0.05) is 18.3 Å². The molecule has 24 heavy (non-hydrogen) atoms. The number of sulfonamides is 1. The second-order valence-corrected chi connectivity index (χ2v) is 7.19. The first kappa shape index (κ1) is 18.4. The van der Waals surface area contributed by atoms with Crippen LogP contribution in [0.25, 0.3) is 0 Å². The van der Waals surface area contributed by atoms with Gasteiger partial charge in [0.1, 0.15) is 9.92 Å². The fourth-order valence-corrected chi connectivity index (χ4v) is 3.63. The molecule has 0 aromatic heterocycles. The van der Waals surface area contributed by atoms with Gasteiger partial charge < -0.3 is 10.1 Å². The molecule has 9 heteroatoms. The van der Waals surface area contributed by atoms with E-state index in [9.17, 15) is 13.2 Å². The summed E-state index contributed by atoms with van der Waals surface area (Å²) in [4.78, 5) is 10.8. The molecule has 0 aliphatic heterocycles. The van der Waals surface area contributed by atoms with Gasteiger partial charge in [-0.2, -0.15) is 0 Å². The van der Waals surface area contributed by atoms with Gasteiger partial charge in [0.2, 0.25) is 5.91 Å². The summed E-state index contributed by atoms with van der Waals surface area (Å²) in [5.74, 6) is -0.254. The van der Waals surface area contributed by atoms with Crippen molar-refractivity contribution in [3.63, 3.8) is 0 Å². The quantitative estimate of drug-likeness (QED) is 0.816. The number of nitrogens with one attached hydrogen (secondary N) is 2. The van der Waals surface area contributed by atoms with Crippen molar-refractivity contribution < 1.29 is 17.9 Å². The van der Waals surface area contributed by atoms with Crippen molar-refractivity contribution in [2.75, 3.05) is 17.1 Å². The fourth-order valence-electron chi connectivity index (χ4n) is 1.95. The van der Waals surface area contributed by atoms with E-state index in [2.05, 4.69) is 10.0 Å². The van der Waals surface area contributed by atoms with Crippen LogP contribution < -0.4 is 14.8 Å². The summed E-state index contributed by atoms with van der Waals surface area (Å²) in [6.07, 6.45) is 0. The normalized spacial score (nSPS) is 11.0. The average molecular weight is 389 g/mol. The number of hydrogen-bond acceptors (Lipinski definition) is 4. The lowest BCUT2D eigenvalue weighted by molar-refractivity contribution is -0.114. The Bertz CT molecular complexity index is 868. The number of anilines is 2. The minimum Gasteiger partial charge on any atom is -0.494 e. The van der Waals surface area contributed by atoms with Gasteiger partial charge in [-0.15, -0.1) is 0 Å². The van der Waals surface area contributed by atoms with Gasteiger partial charge in [-0.3, -0.25) is 9.52 Å². The Labute approximate surface area is 149 Å². The number of benzene rings is 2. The van der Waals surface area contributed by atoms with Gasteiger partial charge >= 0.3 is 0 Å². The Kier molecular flexibility index (Phi) is 5.58. The molecule has 0 heterocycles. The first-order valence-electron chi connectivity index (χ1n) is 6.67. The number of methoxy groups -OCH3 is 1. The van der Waals surface area contributed by atoms with E-state index in [1.165, 1.54) is 38.3 Å². The number of carbonyl (C=O) groups is 1. The maximum atomic E-state index is 12.5.